The van der Waals surface area contributed by atoms with Crippen LogP contribution < -0.4 is 4.74 Å². The fourth-order valence-electron chi connectivity index (χ4n) is 4.44. The Bertz CT molecular complexity index is 1290. The molecule has 0 radical (unpaired) electrons. The van der Waals surface area contributed by atoms with Gasteiger partial charge in [0.05, 0.1) is 16.9 Å². The number of piperazine rings is 1. The minimum Gasteiger partial charge on any atom is -0.439 e. The zero-order valence-corrected chi connectivity index (χ0v) is 20.2. The van der Waals surface area contributed by atoms with Crippen LogP contribution in [-0.2, 0) is 11.3 Å². The molecular weight excluding hydrogens is 456 g/mol. The minimum atomic E-state index is -0.889. The Kier molecular flexibility index (Phi) is 7.31. The summed E-state index contributed by atoms with van der Waals surface area (Å²) in [7, 11) is 0. The quantitative estimate of drug-likeness (QED) is 0.348. The first kappa shape index (κ1) is 24.1. The number of H-pyrrole nitrogens is 1. The molecule has 36 heavy (non-hydrogen) atoms. The van der Waals surface area contributed by atoms with Crippen molar-refractivity contribution in [1.82, 2.24) is 30.0 Å². The highest BCUT2D eigenvalue weighted by Gasteiger charge is 2.22. The average molecular weight is 487 g/mol. The van der Waals surface area contributed by atoms with Crippen molar-refractivity contribution in [3.05, 3.63) is 66.6 Å². The summed E-state index contributed by atoms with van der Waals surface area (Å²) in [5.41, 5.74) is 3.82. The molecule has 2 atom stereocenters. The molecule has 2 unspecified atom stereocenters. The van der Waals surface area contributed by atoms with Crippen molar-refractivity contribution < 1.29 is 14.6 Å². The predicted octanol–water partition coefficient (Wildman–Crippen LogP) is 3.13. The lowest BCUT2D eigenvalue weighted by Gasteiger charge is -2.36. The number of aromatic amines is 1. The smallest absolute Gasteiger partial charge is 0.219 e. The van der Waals surface area contributed by atoms with Crippen molar-refractivity contribution in [3.8, 4) is 22.9 Å². The first-order valence-electron chi connectivity index (χ1n) is 12.2. The van der Waals surface area contributed by atoms with Crippen LogP contribution in [0.3, 0.4) is 0 Å². The number of benzene rings is 1. The van der Waals surface area contributed by atoms with Crippen molar-refractivity contribution in [2.45, 2.75) is 19.6 Å². The third-order valence-corrected chi connectivity index (χ3v) is 6.61. The number of carbonyl (C=O) groups is 1. The monoisotopic (exact) mass is 486 g/mol. The maximum absolute atomic E-state index is 10.8. The number of hydrogen-bond donors (Lipinski definition) is 2. The molecular formula is C27H30N6O3. The third kappa shape index (κ3) is 5.76. The molecule has 9 heteroatoms. The second-order valence-corrected chi connectivity index (χ2v) is 9.30. The summed E-state index contributed by atoms with van der Waals surface area (Å²) in [4.78, 5) is 24.7. The van der Waals surface area contributed by atoms with Gasteiger partial charge in [-0.2, -0.15) is 5.10 Å². The molecule has 0 aliphatic carbocycles. The largest absolute Gasteiger partial charge is 0.439 e. The van der Waals surface area contributed by atoms with E-state index in [2.05, 4.69) is 37.1 Å². The summed E-state index contributed by atoms with van der Waals surface area (Å²) in [6, 6.07) is 15.7. The average Bonchev–Trinajstić information content (AvgIpc) is 3.45. The number of pyridine rings is 2. The molecule has 5 rings (SSSR count). The maximum Gasteiger partial charge on any atom is 0.219 e. The fourth-order valence-corrected chi connectivity index (χ4v) is 4.44. The van der Waals surface area contributed by atoms with Gasteiger partial charge in [-0.15, -0.1) is 0 Å². The van der Waals surface area contributed by atoms with Crippen molar-refractivity contribution in [2.75, 3.05) is 32.7 Å². The Balaban J connectivity index is 1.17. The SMILES string of the molecule is CC(CN1CCN(Cc2ccc3cc(Oc4ccc(-c5ccn[nH]5)cn4)ccc3n2)CC1)C(O)C=O. The first-order valence-corrected chi connectivity index (χ1v) is 12.2. The summed E-state index contributed by atoms with van der Waals surface area (Å²) in [5.74, 6) is 1.18. The normalized spacial score (nSPS) is 16.6. The van der Waals surface area contributed by atoms with Crippen LogP contribution in [0.4, 0.5) is 0 Å². The molecule has 1 saturated heterocycles. The van der Waals surface area contributed by atoms with Crippen LogP contribution in [-0.4, -0.2) is 80.2 Å². The molecule has 0 bridgehead atoms. The summed E-state index contributed by atoms with van der Waals surface area (Å²) >= 11 is 0. The van der Waals surface area contributed by atoms with Gasteiger partial charge in [0, 0.05) is 74.6 Å². The molecule has 9 nitrogen and oxygen atoms in total. The molecule has 186 valence electrons. The number of fused-ring (bicyclic) bond motifs is 1. The number of aldehydes is 1. The lowest BCUT2D eigenvalue weighted by Crippen LogP contribution is -2.48. The summed E-state index contributed by atoms with van der Waals surface area (Å²) in [6.45, 7) is 7.14. The second kappa shape index (κ2) is 10.9. The molecule has 1 aromatic carbocycles. The zero-order valence-electron chi connectivity index (χ0n) is 20.2. The van der Waals surface area contributed by atoms with Crippen LogP contribution in [0.25, 0.3) is 22.2 Å². The van der Waals surface area contributed by atoms with E-state index < -0.39 is 6.10 Å². The van der Waals surface area contributed by atoms with Gasteiger partial charge in [0.15, 0.2) is 0 Å². The number of nitrogens with one attached hydrogen (secondary N) is 1. The second-order valence-electron chi connectivity index (χ2n) is 9.30. The molecule has 0 saturated carbocycles. The van der Waals surface area contributed by atoms with Crippen molar-refractivity contribution >= 4 is 17.2 Å². The number of ether oxygens (including phenoxy) is 1. The fraction of sp³-hybridized carbons (Fsp3) is 0.333. The molecule has 4 aromatic rings. The standard InChI is InChI=1S/C27H30N6O3/c1-19(26(35)18-34)16-32-10-12-33(13-11-32)17-22-4-2-20-14-23(5-6-24(20)30-22)36-27-7-3-21(15-28-27)25-8-9-29-31-25/h2-9,14-15,18-19,26,35H,10-13,16-17H2,1H3,(H,29,31). The minimum absolute atomic E-state index is 0.0535. The Hall–Kier alpha value is -3.66. The van der Waals surface area contributed by atoms with Crippen molar-refractivity contribution in [2.24, 2.45) is 5.92 Å². The van der Waals surface area contributed by atoms with Crippen LogP contribution in [0.5, 0.6) is 11.6 Å². The van der Waals surface area contributed by atoms with Crippen LogP contribution in [0.1, 0.15) is 12.6 Å². The highest BCUT2D eigenvalue weighted by Crippen LogP contribution is 2.26. The first-order chi connectivity index (χ1) is 17.6. The maximum atomic E-state index is 10.8. The van der Waals surface area contributed by atoms with Crippen molar-refractivity contribution in [1.29, 1.82) is 0 Å². The van der Waals surface area contributed by atoms with E-state index in [-0.39, 0.29) is 5.92 Å². The van der Waals surface area contributed by atoms with Crippen LogP contribution in [0.15, 0.2) is 60.9 Å². The molecule has 1 aliphatic heterocycles. The molecule has 1 fully saturated rings. The Labute approximate surface area is 209 Å². The van der Waals surface area contributed by atoms with Gasteiger partial charge < -0.3 is 19.5 Å². The van der Waals surface area contributed by atoms with E-state index in [1.54, 1.807) is 12.4 Å². The van der Waals surface area contributed by atoms with E-state index in [0.717, 1.165) is 67.1 Å². The Morgan fingerprint density at radius 2 is 1.92 bits per heavy atom. The molecule has 2 N–H and O–H groups in total. The number of aromatic nitrogens is 4. The van der Waals surface area contributed by atoms with Gasteiger partial charge in [0.1, 0.15) is 18.1 Å². The van der Waals surface area contributed by atoms with Gasteiger partial charge >= 0.3 is 0 Å². The van der Waals surface area contributed by atoms with Gasteiger partial charge in [-0.3, -0.25) is 15.0 Å². The van der Waals surface area contributed by atoms with E-state index in [9.17, 15) is 9.90 Å². The van der Waals surface area contributed by atoms with E-state index in [1.807, 2.05) is 43.3 Å². The number of nitrogens with zero attached hydrogens (tertiary/aromatic N) is 5. The number of aliphatic hydroxyl groups is 1. The highest BCUT2D eigenvalue weighted by molar-refractivity contribution is 5.80. The van der Waals surface area contributed by atoms with Gasteiger partial charge in [0.2, 0.25) is 5.88 Å². The number of carbonyl (C=O) groups excluding carboxylic acids is 1. The van der Waals surface area contributed by atoms with E-state index in [1.165, 1.54) is 0 Å². The van der Waals surface area contributed by atoms with Gasteiger partial charge in [-0.1, -0.05) is 13.0 Å². The number of rotatable bonds is 9. The van der Waals surface area contributed by atoms with E-state index in [4.69, 9.17) is 9.72 Å². The Morgan fingerprint density at radius 3 is 2.64 bits per heavy atom. The third-order valence-electron chi connectivity index (χ3n) is 6.61. The molecule has 4 heterocycles. The van der Waals surface area contributed by atoms with Crippen LogP contribution in [0.2, 0.25) is 0 Å². The summed E-state index contributed by atoms with van der Waals surface area (Å²) in [6.07, 6.45) is 3.20. The predicted molar refractivity (Wildman–Crippen MR) is 137 cm³/mol. The molecule has 0 amide bonds. The lowest BCUT2D eigenvalue weighted by atomic mass is 10.1. The van der Waals surface area contributed by atoms with E-state index >= 15 is 0 Å². The zero-order chi connectivity index (χ0) is 24.9. The van der Waals surface area contributed by atoms with Crippen LogP contribution >= 0.6 is 0 Å². The topological polar surface area (TPSA) is 107 Å². The lowest BCUT2D eigenvalue weighted by molar-refractivity contribution is -0.117. The number of hydrogen-bond acceptors (Lipinski definition) is 8. The Morgan fingerprint density at radius 1 is 1.08 bits per heavy atom. The summed E-state index contributed by atoms with van der Waals surface area (Å²) < 4.78 is 5.96. The molecule has 3 aromatic heterocycles. The van der Waals surface area contributed by atoms with Gasteiger partial charge in [0.25, 0.3) is 0 Å². The molecule has 0 spiro atoms. The van der Waals surface area contributed by atoms with Gasteiger partial charge in [-0.25, -0.2) is 4.98 Å². The van der Waals surface area contributed by atoms with Gasteiger partial charge in [-0.05, 0) is 36.4 Å². The molecule has 1 aliphatic rings. The van der Waals surface area contributed by atoms with Crippen molar-refractivity contribution in [3.63, 3.8) is 0 Å². The number of aliphatic hydroxyl groups excluding tert-OH is 1. The summed E-state index contributed by atoms with van der Waals surface area (Å²) in [5, 5.41) is 17.6. The van der Waals surface area contributed by atoms with Crippen LogP contribution in [0, 0.1) is 5.92 Å². The van der Waals surface area contributed by atoms with E-state index in [0.29, 0.717) is 17.9 Å². The highest BCUT2D eigenvalue weighted by atomic mass is 16.5.